The van der Waals surface area contributed by atoms with E-state index in [-0.39, 0.29) is 32.0 Å². The van der Waals surface area contributed by atoms with Crippen LogP contribution < -0.4 is 0 Å². The van der Waals surface area contributed by atoms with Crippen LogP contribution in [-0.4, -0.2) is 74.9 Å². The molecule has 0 fully saturated rings. The number of rotatable bonds is 38. The average Bonchev–Trinajstić information content (AvgIpc) is 3.10. The monoisotopic (exact) mass is 771 g/mol. The second-order valence-electron chi connectivity index (χ2n) is 15.4. The molecular formula is C43H81NO8P+. The molecule has 0 heterocycles. The van der Waals surface area contributed by atoms with E-state index in [9.17, 15) is 19.0 Å². The van der Waals surface area contributed by atoms with E-state index in [2.05, 4.69) is 50.3 Å². The molecule has 0 rings (SSSR count). The van der Waals surface area contributed by atoms with Crippen molar-refractivity contribution in [2.24, 2.45) is 0 Å². The van der Waals surface area contributed by atoms with Gasteiger partial charge in [-0.1, -0.05) is 134 Å². The van der Waals surface area contributed by atoms with Gasteiger partial charge in [-0.25, -0.2) is 4.57 Å². The highest BCUT2D eigenvalue weighted by atomic mass is 31.2. The van der Waals surface area contributed by atoms with Crippen molar-refractivity contribution in [3.05, 3.63) is 36.5 Å². The van der Waals surface area contributed by atoms with Gasteiger partial charge in [0.2, 0.25) is 0 Å². The van der Waals surface area contributed by atoms with Crippen molar-refractivity contribution < 1.29 is 42.1 Å². The lowest BCUT2D eigenvalue weighted by Gasteiger charge is -2.24. The Bertz CT molecular complexity index is 1010. The number of esters is 2. The van der Waals surface area contributed by atoms with Gasteiger partial charge in [0.1, 0.15) is 19.8 Å². The van der Waals surface area contributed by atoms with E-state index in [1.54, 1.807) is 0 Å². The molecule has 0 aromatic carbocycles. The quantitative estimate of drug-likeness (QED) is 0.0217. The summed E-state index contributed by atoms with van der Waals surface area (Å²) in [6, 6.07) is 0. The van der Waals surface area contributed by atoms with Crippen molar-refractivity contribution in [3.63, 3.8) is 0 Å². The van der Waals surface area contributed by atoms with Crippen LogP contribution in [0.4, 0.5) is 0 Å². The number of hydrogen-bond donors (Lipinski definition) is 1. The molecule has 0 radical (unpaired) electrons. The molecule has 0 amide bonds. The van der Waals surface area contributed by atoms with E-state index in [1.807, 2.05) is 21.1 Å². The van der Waals surface area contributed by atoms with Crippen LogP contribution in [0.15, 0.2) is 36.5 Å². The van der Waals surface area contributed by atoms with Crippen LogP contribution in [0.5, 0.6) is 0 Å². The van der Waals surface area contributed by atoms with E-state index in [0.717, 1.165) is 70.6 Å². The summed E-state index contributed by atoms with van der Waals surface area (Å²) in [5, 5.41) is 0. The first-order chi connectivity index (χ1) is 25.5. The number of hydrogen-bond acceptors (Lipinski definition) is 7. The molecule has 9 nitrogen and oxygen atoms in total. The molecule has 0 saturated carbocycles. The first kappa shape index (κ1) is 51.2. The summed E-state index contributed by atoms with van der Waals surface area (Å²) in [4.78, 5) is 35.3. The van der Waals surface area contributed by atoms with Crippen molar-refractivity contribution >= 4 is 19.8 Å². The molecule has 0 aliphatic rings. The summed E-state index contributed by atoms with van der Waals surface area (Å²) in [5.41, 5.74) is 0. The van der Waals surface area contributed by atoms with Crippen molar-refractivity contribution in [2.45, 2.75) is 180 Å². The predicted molar refractivity (Wildman–Crippen MR) is 220 cm³/mol. The number of carbonyl (C=O) groups excluding carboxylic acids is 2. The number of phosphoric acid groups is 1. The van der Waals surface area contributed by atoms with Gasteiger partial charge in [0.05, 0.1) is 27.7 Å². The maximum Gasteiger partial charge on any atom is 0.472 e. The number of unbranched alkanes of at least 4 members (excludes halogenated alkanes) is 18. The summed E-state index contributed by atoms with van der Waals surface area (Å²) in [6.45, 7) is 4.33. The van der Waals surface area contributed by atoms with E-state index in [4.69, 9.17) is 18.5 Å². The first-order valence-corrected chi connectivity index (χ1v) is 22.7. The Labute approximate surface area is 325 Å². The summed E-state index contributed by atoms with van der Waals surface area (Å²) in [7, 11) is 1.45. The topological polar surface area (TPSA) is 108 Å². The van der Waals surface area contributed by atoms with Gasteiger partial charge in [0.25, 0.3) is 0 Å². The summed E-state index contributed by atoms with van der Waals surface area (Å²) >= 11 is 0. The van der Waals surface area contributed by atoms with Gasteiger partial charge in [-0.15, -0.1) is 0 Å². The van der Waals surface area contributed by atoms with Crippen LogP contribution in [0.25, 0.3) is 0 Å². The van der Waals surface area contributed by atoms with Gasteiger partial charge < -0.3 is 18.9 Å². The van der Waals surface area contributed by atoms with Gasteiger partial charge in [0, 0.05) is 12.8 Å². The summed E-state index contributed by atoms with van der Waals surface area (Å²) in [5.74, 6) is -0.841. The number of phosphoric ester groups is 1. The maximum absolute atomic E-state index is 12.6. The maximum atomic E-state index is 12.6. The third kappa shape index (κ3) is 39.7. The standard InChI is InChI=1S/C43H80NO8P/c1-6-8-10-12-14-16-18-20-22-24-26-28-30-32-34-36-43(46)52-41(40-51-53(47,48)50-38-37-44(3,4)5)39-49-42(45)35-33-31-29-27-25-23-21-19-17-15-13-11-9-7-2/h13,15,19,21,26,28,41H,6-12,14,16-18,20,22-25,27,29-40H2,1-5H3/p+1/b15-13+,21-19+,28-26+/t41-/m1/s1. The summed E-state index contributed by atoms with van der Waals surface area (Å²) in [6.07, 6.45) is 39.0. The zero-order chi connectivity index (χ0) is 39.3. The molecule has 1 unspecified atom stereocenters. The normalized spacial score (nSPS) is 14.0. The number of carbonyl (C=O) groups is 2. The molecule has 0 spiro atoms. The minimum atomic E-state index is -4.38. The minimum Gasteiger partial charge on any atom is -0.462 e. The highest BCUT2D eigenvalue weighted by Crippen LogP contribution is 2.43. The fraction of sp³-hybridized carbons (Fsp3) is 0.814. The Morgan fingerprint density at radius 3 is 1.60 bits per heavy atom. The van der Waals surface area contributed by atoms with Gasteiger partial charge >= 0.3 is 19.8 Å². The van der Waals surface area contributed by atoms with Crippen LogP contribution in [0.1, 0.15) is 174 Å². The lowest BCUT2D eigenvalue weighted by Crippen LogP contribution is -2.37. The SMILES string of the molecule is CCCC/C=C/C/C=C/CCCCCCCC(=O)OC[C@H](COP(=O)(O)OCC[N+](C)(C)C)OC(=O)CCCC/C=C/CCCCCCCCCCC. The Balaban J connectivity index is 4.44. The van der Waals surface area contributed by atoms with Crippen LogP contribution in [-0.2, 0) is 32.7 Å². The van der Waals surface area contributed by atoms with Gasteiger partial charge in [-0.05, 0) is 64.2 Å². The Morgan fingerprint density at radius 2 is 1.04 bits per heavy atom. The highest BCUT2D eigenvalue weighted by Gasteiger charge is 2.27. The van der Waals surface area contributed by atoms with E-state index >= 15 is 0 Å². The molecule has 10 heteroatoms. The van der Waals surface area contributed by atoms with Crippen molar-refractivity contribution in [3.8, 4) is 0 Å². The van der Waals surface area contributed by atoms with E-state index in [0.29, 0.717) is 17.4 Å². The van der Waals surface area contributed by atoms with E-state index < -0.39 is 26.5 Å². The molecule has 0 saturated heterocycles. The zero-order valence-corrected chi connectivity index (χ0v) is 35.6. The highest BCUT2D eigenvalue weighted by molar-refractivity contribution is 7.47. The molecular weight excluding hydrogens is 689 g/mol. The molecule has 310 valence electrons. The Kier molecular flexibility index (Phi) is 34.7. The fourth-order valence-electron chi connectivity index (χ4n) is 5.49. The van der Waals surface area contributed by atoms with Gasteiger partial charge in [0.15, 0.2) is 6.10 Å². The number of likely N-dealkylation sites (N-methyl/N-ethyl adjacent to an activating group) is 1. The van der Waals surface area contributed by atoms with Crippen molar-refractivity contribution in [1.29, 1.82) is 0 Å². The molecule has 0 aromatic rings. The van der Waals surface area contributed by atoms with Crippen LogP contribution in [0.3, 0.4) is 0 Å². The van der Waals surface area contributed by atoms with E-state index in [1.165, 1.54) is 70.6 Å². The molecule has 2 atom stereocenters. The molecule has 0 aliphatic heterocycles. The predicted octanol–water partition coefficient (Wildman–Crippen LogP) is 11.7. The average molecular weight is 771 g/mol. The molecule has 53 heavy (non-hydrogen) atoms. The number of ether oxygens (including phenoxy) is 2. The third-order valence-electron chi connectivity index (χ3n) is 8.89. The summed E-state index contributed by atoms with van der Waals surface area (Å²) < 4.78 is 34.2. The van der Waals surface area contributed by atoms with Gasteiger partial charge in [-0.3, -0.25) is 18.6 Å². The number of nitrogens with zero attached hydrogens (tertiary/aromatic N) is 1. The lowest BCUT2D eigenvalue weighted by atomic mass is 10.1. The second kappa shape index (κ2) is 35.9. The smallest absolute Gasteiger partial charge is 0.462 e. The lowest BCUT2D eigenvalue weighted by molar-refractivity contribution is -0.870. The van der Waals surface area contributed by atoms with Crippen LogP contribution >= 0.6 is 7.82 Å². The molecule has 0 bridgehead atoms. The van der Waals surface area contributed by atoms with Crippen LogP contribution in [0, 0.1) is 0 Å². The van der Waals surface area contributed by atoms with Crippen molar-refractivity contribution in [2.75, 3.05) is 47.5 Å². The third-order valence-corrected chi connectivity index (χ3v) is 9.88. The number of quaternary nitrogens is 1. The fourth-order valence-corrected chi connectivity index (χ4v) is 6.24. The second-order valence-corrected chi connectivity index (χ2v) is 16.8. The van der Waals surface area contributed by atoms with Crippen molar-refractivity contribution in [1.82, 2.24) is 0 Å². The molecule has 0 aromatic heterocycles. The van der Waals surface area contributed by atoms with Crippen LogP contribution in [0.2, 0.25) is 0 Å². The molecule has 1 N–H and O–H groups in total. The number of allylic oxidation sites excluding steroid dienone is 6. The first-order valence-electron chi connectivity index (χ1n) is 21.2. The molecule has 0 aliphatic carbocycles. The Morgan fingerprint density at radius 1 is 0.585 bits per heavy atom. The Hall–Kier alpha value is -1.77. The van der Waals surface area contributed by atoms with Gasteiger partial charge in [-0.2, -0.15) is 0 Å². The minimum absolute atomic E-state index is 0.0256. The zero-order valence-electron chi connectivity index (χ0n) is 34.7. The largest absolute Gasteiger partial charge is 0.472 e.